The van der Waals surface area contributed by atoms with Crippen LogP contribution in [0.1, 0.15) is 13.3 Å². The number of hydrogen-bond acceptors (Lipinski definition) is 4. The van der Waals surface area contributed by atoms with E-state index in [9.17, 15) is 14.4 Å². The number of amides is 1. The van der Waals surface area contributed by atoms with Crippen molar-refractivity contribution in [2.45, 2.75) is 18.9 Å². The minimum atomic E-state index is -2.16. The average Bonchev–Trinajstić information content (AvgIpc) is 2.01. The molecule has 8 heteroatoms. The van der Waals surface area contributed by atoms with E-state index in [1.807, 2.05) is 0 Å². The fraction of sp³-hybridized carbons (Fsp3) is 0.625. The van der Waals surface area contributed by atoms with E-state index in [2.05, 4.69) is 0 Å². The van der Waals surface area contributed by atoms with E-state index in [1.165, 1.54) is 14.1 Å². The molecular formula is C8H15NO7. The summed E-state index contributed by atoms with van der Waals surface area (Å²) in [6, 6.07) is 0. The molecule has 94 valence electrons. The van der Waals surface area contributed by atoms with Gasteiger partial charge in [0.1, 0.15) is 0 Å². The van der Waals surface area contributed by atoms with E-state index in [0.717, 1.165) is 11.8 Å². The number of nitrogens with zero attached hydrogens (tertiary/aromatic N) is 1. The van der Waals surface area contributed by atoms with E-state index >= 15 is 0 Å². The monoisotopic (exact) mass is 237 g/mol. The fourth-order valence-corrected chi connectivity index (χ4v) is 0.370. The molecule has 0 rings (SSSR count). The van der Waals surface area contributed by atoms with Gasteiger partial charge in [-0.3, -0.25) is 4.79 Å². The molecule has 0 radical (unpaired) electrons. The van der Waals surface area contributed by atoms with Crippen LogP contribution in [0.4, 0.5) is 4.79 Å². The van der Waals surface area contributed by atoms with Crippen molar-refractivity contribution < 1.29 is 34.8 Å². The summed E-state index contributed by atoms with van der Waals surface area (Å²) >= 11 is 0. The molecule has 1 unspecified atom stereocenters. The summed E-state index contributed by atoms with van der Waals surface area (Å²) in [4.78, 5) is 30.6. The Balaban J connectivity index is 0. The number of aliphatic hydroxyl groups is 1. The summed E-state index contributed by atoms with van der Waals surface area (Å²) in [7, 11) is 2.95. The maximum Gasteiger partial charge on any atom is 0.406 e. The van der Waals surface area contributed by atoms with Crippen LogP contribution in [0, 0.1) is 0 Å². The molecular weight excluding hydrogens is 222 g/mol. The fourth-order valence-electron chi connectivity index (χ4n) is 0.370. The van der Waals surface area contributed by atoms with Crippen LogP contribution in [0.3, 0.4) is 0 Å². The normalized spacial score (nSPS) is 12.8. The lowest BCUT2D eigenvalue weighted by molar-refractivity contribution is -0.163. The van der Waals surface area contributed by atoms with Gasteiger partial charge in [0.15, 0.2) is 5.60 Å². The summed E-state index contributed by atoms with van der Waals surface area (Å²) in [6.07, 6.45) is -1.70. The maximum atomic E-state index is 10.0. The zero-order chi connectivity index (χ0) is 13.5. The van der Waals surface area contributed by atoms with Gasteiger partial charge in [0.2, 0.25) is 0 Å². The second kappa shape index (κ2) is 6.62. The Hall–Kier alpha value is -1.83. The zero-order valence-corrected chi connectivity index (χ0v) is 9.17. The van der Waals surface area contributed by atoms with Gasteiger partial charge in [0, 0.05) is 14.1 Å². The molecule has 1 amide bonds. The van der Waals surface area contributed by atoms with E-state index in [1.54, 1.807) is 0 Å². The summed E-state index contributed by atoms with van der Waals surface area (Å²) in [5, 5.41) is 32.9. The Morgan fingerprint density at radius 3 is 1.50 bits per heavy atom. The topological polar surface area (TPSA) is 135 Å². The number of hydrogen-bond donors (Lipinski definition) is 4. The highest BCUT2D eigenvalue weighted by Gasteiger charge is 2.32. The number of carboxylic acids is 2. The van der Waals surface area contributed by atoms with Crippen LogP contribution in [0.2, 0.25) is 0 Å². The van der Waals surface area contributed by atoms with Crippen molar-refractivity contribution in [3.05, 3.63) is 0 Å². The number of carbonyl (C=O) groups is 3. The van der Waals surface area contributed by atoms with E-state index < -0.39 is 30.1 Å². The van der Waals surface area contributed by atoms with Gasteiger partial charge in [-0.05, 0) is 6.92 Å². The average molecular weight is 237 g/mol. The second-order valence-corrected chi connectivity index (χ2v) is 3.33. The lowest BCUT2D eigenvalue weighted by atomic mass is 10.0. The minimum absolute atomic E-state index is 0.789. The van der Waals surface area contributed by atoms with Crippen molar-refractivity contribution in [2.24, 2.45) is 0 Å². The van der Waals surface area contributed by atoms with Crippen molar-refractivity contribution >= 4 is 18.0 Å². The van der Waals surface area contributed by atoms with Gasteiger partial charge in [-0.15, -0.1) is 0 Å². The summed E-state index contributed by atoms with van der Waals surface area (Å²) in [6.45, 7) is 0.934. The van der Waals surface area contributed by atoms with Crippen LogP contribution < -0.4 is 0 Å². The van der Waals surface area contributed by atoms with Gasteiger partial charge >= 0.3 is 18.0 Å². The van der Waals surface area contributed by atoms with E-state index in [0.29, 0.717) is 0 Å². The molecule has 0 aromatic heterocycles. The largest absolute Gasteiger partial charge is 0.481 e. The molecule has 0 saturated carbocycles. The number of carboxylic acid groups (broad SMARTS) is 3. The maximum absolute atomic E-state index is 10.0. The summed E-state index contributed by atoms with van der Waals surface area (Å²) in [5.41, 5.74) is -2.16. The molecule has 0 aromatic rings. The smallest absolute Gasteiger partial charge is 0.406 e. The molecule has 0 heterocycles. The third-order valence-corrected chi connectivity index (χ3v) is 1.34. The van der Waals surface area contributed by atoms with Crippen LogP contribution >= 0.6 is 0 Å². The first kappa shape index (κ1) is 16.6. The van der Waals surface area contributed by atoms with Crippen molar-refractivity contribution in [1.29, 1.82) is 0 Å². The molecule has 16 heavy (non-hydrogen) atoms. The Labute approximate surface area is 91.7 Å². The van der Waals surface area contributed by atoms with Gasteiger partial charge in [0.05, 0.1) is 6.42 Å². The van der Waals surface area contributed by atoms with Gasteiger partial charge in [0.25, 0.3) is 0 Å². The Kier molecular flexibility index (Phi) is 6.86. The first-order valence-corrected chi connectivity index (χ1v) is 4.08. The molecule has 0 aliphatic carbocycles. The highest BCUT2D eigenvalue weighted by atomic mass is 16.4. The second-order valence-electron chi connectivity index (χ2n) is 3.33. The molecule has 4 N–H and O–H groups in total. The third-order valence-electron chi connectivity index (χ3n) is 1.34. The molecule has 0 aliphatic rings. The van der Waals surface area contributed by atoms with Crippen LogP contribution in [-0.4, -0.2) is 63.1 Å². The molecule has 0 aliphatic heterocycles. The molecule has 0 saturated heterocycles. The summed E-state index contributed by atoms with van der Waals surface area (Å²) in [5.74, 6) is -2.87. The SMILES string of the molecule is CC(O)(CC(=O)O)C(=O)O.CN(C)C(=O)O. The zero-order valence-electron chi connectivity index (χ0n) is 9.17. The first-order chi connectivity index (χ1) is 7.00. The molecule has 0 bridgehead atoms. The highest BCUT2D eigenvalue weighted by molar-refractivity contribution is 5.83. The molecule has 8 nitrogen and oxygen atoms in total. The Bertz CT molecular complexity index is 272. The highest BCUT2D eigenvalue weighted by Crippen LogP contribution is 2.08. The Morgan fingerprint density at radius 1 is 1.12 bits per heavy atom. The number of aliphatic carboxylic acids is 2. The standard InChI is InChI=1S/C5H8O5.C3H7NO2/c1-5(10,4(8)9)2-3(6)7;1-4(2)3(5)6/h10H,2H2,1H3,(H,6,7)(H,8,9);1-2H3,(H,5,6). The van der Waals surface area contributed by atoms with E-state index in [-0.39, 0.29) is 0 Å². The molecule has 0 aromatic carbocycles. The summed E-state index contributed by atoms with van der Waals surface area (Å²) < 4.78 is 0. The predicted molar refractivity (Wildman–Crippen MR) is 52.2 cm³/mol. The van der Waals surface area contributed by atoms with Crippen molar-refractivity contribution in [1.82, 2.24) is 4.90 Å². The van der Waals surface area contributed by atoms with Gasteiger partial charge in [-0.1, -0.05) is 0 Å². The van der Waals surface area contributed by atoms with Crippen molar-refractivity contribution in [3.63, 3.8) is 0 Å². The quantitative estimate of drug-likeness (QED) is 0.520. The van der Waals surface area contributed by atoms with Gasteiger partial charge in [-0.2, -0.15) is 0 Å². The number of rotatable bonds is 3. The predicted octanol–water partition coefficient (Wildman–Crippen LogP) is -0.477. The van der Waals surface area contributed by atoms with Crippen LogP contribution in [0.5, 0.6) is 0 Å². The third kappa shape index (κ3) is 8.75. The lowest BCUT2D eigenvalue weighted by Gasteiger charge is -2.13. The van der Waals surface area contributed by atoms with Crippen molar-refractivity contribution in [2.75, 3.05) is 14.1 Å². The molecule has 1 atom stereocenters. The molecule has 0 fully saturated rings. The van der Waals surface area contributed by atoms with Gasteiger partial charge in [-0.25, -0.2) is 9.59 Å². The first-order valence-electron chi connectivity index (χ1n) is 4.08. The van der Waals surface area contributed by atoms with Crippen LogP contribution in [0.15, 0.2) is 0 Å². The Morgan fingerprint density at radius 2 is 1.44 bits per heavy atom. The van der Waals surface area contributed by atoms with E-state index in [4.69, 9.17) is 20.4 Å². The van der Waals surface area contributed by atoms with Crippen LogP contribution in [-0.2, 0) is 9.59 Å². The van der Waals surface area contributed by atoms with Crippen LogP contribution in [0.25, 0.3) is 0 Å². The molecule has 0 spiro atoms. The lowest BCUT2D eigenvalue weighted by Crippen LogP contribution is -2.37. The minimum Gasteiger partial charge on any atom is -0.481 e. The van der Waals surface area contributed by atoms with Crippen molar-refractivity contribution in [3.8, 4) is 0 Å². The van der Waals surface area contributed by atoms with Gasteiger partial charge < -0.3 is 25.3 Å².